The summed E-state index contributed by atoms with van der Waals surface area (Å²) in [6.45, 7) is 1.45. The molecule has 1 aromatic rings. The number of rotatable bonds is 2. The molecule has 1 aromatic carbocycles. The number of alkyl halides is 5. The summed E-state index contributed by atoms with van der Waals surface area (Å²) in [5.41, 5.74) is -2.18. The van der Waals surface area contributed by atoms with Crippen LogP contribution >= 0.6 is 0 Å². The molecule has 0 aliphatic heterocycles. The van der Waals surface area contributed by atoms with E-state index in [1.54, 1.807) is 7.11 Å². The summed E-state index contributed by atoms with van der Waals surface area (Å²) in [4.78, 5) is 0. The van der Waals surface area contributed by atoms with Gasteiger partial charge in [-0.2, -0.15) is 22.0 Å². The number of aliphatic hydroxyl groups is 1. The second-order valence-corrected chi connectivity index (χ2v) is 8.91. The fraction of sp³-hybridized carbons (Fsp3) is 0.714. The number of hydrogen-bond donors (Lipinski definition) is 1. The zero-order valence-corrected chi connectivity index (χ0v) is 16.0. The quantitative estimate of drug-likeness (QED) is 0.662. The van der Waals surface area contributed by atoms with Gasteiger partial charge in [-0.25, -0.2) is 0 Å². The topological polar surface area (TPSA) is 29.5 Å². The number of hydrogen-bond acceptors (Lipinski definition) is 2. The Kier molecular flexibility index (Phi) is 4.32. The predicted octanol–water partition coefficient (Wildman–Crippen LogP) is 5.48. The lowest BCUT2D eigenvalue weighted by molar-refractivity contribution is -0.362. The summed E-state index contributed by atoms with van der Waals surface area (Å²) in [7, 11) is 1.60. The van der Waals surface area contributed by atoms with Gasteiger partial charge in [-0.1, -0.05) is 13.0 Å². The second kappa shape index (κ2) is 6.07. The number of fused-ring (bicyclic) bond motifs is 5. The van der Waals surface area contributed by atoms with Crippen molar-refractivity contribution in [3.05, 3.63) is 29.3 Å². The maximum Gasteiger partial charge on any atom is 0.456 e. The van der Waals surface area contributed by atoms with Crippen LogP contribution in [0.5, 0.6) is 5.75 Å². The molecule has 3 aliphatic carbocycles. The molecule has 7 heteroatoms. The van der Waals surface area contributed by atoms with Crippen molar-refractivity contribution in [2.75, 3.05) is 7.11 Å². The molecule has 0 bridgehead atoms. The van der Waals surface area contributed by atoms with E-state index in [0.717, 1.165) is 29.7 Å². The van der Waals surface area contributed by atoms with Crippen LogP contribution in [0.25, 0.3) is 0 Å². The summed E-state index contributed by atoms with van der Waals surface area (Å²) < 4.78 is 73.5. The van der Waals surface area contributed by atoms with Crippen molar-refractivity contribution in [2.24, 2.45) is 17.3 Å². The minimum absolute atomic E-state index is 0.0118. The van der Waals surface area contributed by atoms with Crippen LogP contribution < -0.4 is 4.74 Å². The highest BCUT2D eigenvalue weighted by Gasteiger charge is 2.78. The molecule has 1 N–H and O–H groups in total. The molecule has 156 valence electrons. The molecular formula is C21H25F5O2. The van der Waals surface area contributed by atoms with Crippen LogP contribution in [0.2, 0.25) is 0 Å². The van der Waals surface area contributed by atoms with Crippen LogP contribution in [0.15, 0.2) is 18.2 Å². The lowest BCUT2D eigenvalue weighted by atomic mass is 9.52. The largest absolute Gasteiger partial charge is 0.497 e. The molecular weight excluding hydrogens is 379 g/mol. The van der Waals surface area contributed by atoms with Crippen LogP contribution in [0, 0.1) is 17.3 Å². The van der Waals surface area contributed by atoms with Gasteiger partial charge in [0.15, 0.2) is 0 Å². The van der Waals surface area contributed by atoms with Gasteiger partial charge in [0.2, 0.25) is 0 Å². The smallest absolute Gasteiger partial charge is 0.456 e. The first-order valence-corrected chi connectivity index (χ1v) is 9.80. The Hall–Kier alpha value is -1.37. The van der Waals surface area contributed by atoms with Gasteiger partial charge in [-0.15, -0.1) is 0 Å². The fourth-order valence-electron chi connectivity index (χ4n) is 6.45. The average Bonchev–Trinajstić information content (AvgIpc) is 2.92. The van der Waals surface area contributed by atoms with Crippen LogP contribution in [0.3, 0.4) is 0 Å². The van der Waals surface area contributed by atoms with E-state index < -0.39 is 29.5 Å². The van der Waals surface area contributed by atoms with Gasteiger partial charge < -0.3 is 9.84 Å². The number of ether oxygens (including phenoxy) is 1. The normalized spacial score (nSPS) is 37.8. The Balaban J connectivity index is 1.69. The predicted molar refractivity (Wildman–Crippen MR) is 93.6 cm³/mol. The van der Waals surface area contributed by atoms with Gasteiger partial charge in [0.05, 0.1) is 7.11 Å². The Morgan fingerprint density at radius 1 is 1.07 bits per heavy atom. The molecule has 0 saturated heterocycles. The zero-order chi connectivity index (χ0) is 20.5. The Morgan fingerprint density at radius 3 is 2.43 bits per heavy atom. The molecule has 0 unspecified atom stereocenters. The molecule has 28 heavy (non-hydrogen) atoms. The summed E-state index contributed by atoms with van der Waals surface area (Å²) in [5, 5.41) is 10.8. The van der Waals surface area contributed by atoms with E-state index in [2.05, 4.69) is 0 Å². The Labute approximate surface area is 161 Å². The van der Waals surface area contributed by atoms with Gasteiger partial charge in [0.25, 0.3) is 0 Å². The van der Waals surface area contributed by atoms with Gasteiger partial charge in [0.1, 0.15) is 11.4 Å². The summed E-state index contributed by atoms with van der Waals surface area (Å²) in [6, 6.07) is 5.86. The highest BCUT2D eigenvalue weighted by molar-refractivity contribution is 5.41. The molecule has 4 rings (SSSR count). The minimum atomic E-state index is -5.76. The fourth-order valence-corrected chi connectivity index (χ4v) is 6.45. The van der Waals surface area contributed by atoms with Gasteiger partial charge >= 0.3 is 12.1 Å². The first kappa shape index (κ1) is 19.9. The van der Waals surface area contributed by atoms with E-state index in [9.17, 15) is 27.1 Å². The molecule has 0 amide bonds. The van der Waals surface area contributed by atoms with E-state index in [-0.39, 0.29) is 30.6 Å². The third-order valence-electron chi connectivity index (χ3n) is 7.96. The number of halogens is 5. The molecule has 5 atom stereocenters. The average molecular weight is 404 g/mol. The molecule has 0 spiro atoms. The van der Waals surface area contributed by atoms with Gasteiger partial charge in [-0.3, -0.25) is 0 Å². The number of benzene rings is 1. The first-order chi connectivity index (χ1) is 13.0. The molecule has 0 aromatic heterocycles. The molecule has 2 fully saturated rings. The van der Waals surface area contributed by atoms with E-state index >= 15 is 0 Å². The number of methoxy groups -OCH3 is 1. The number of aryl methyl sites for hydroxylation is 1. The highest BCUT2D eigenvalue weighted by atomic mass is 19.4. The van der Waals surface area contributed by atoms with Crippen LogP contribution in [-0.2, 0) is 6.42 Å². The molecule has 0 heterocycles. The molecule has 2 nitrogen and oxygen atoms in total. The Bertz CT molecular complexity index is 777. The molecule has 0 radical (unpaired) electrons. The van der Waals surface area contributed by atoms with Gasteiger partial charge in [0, 0.05) is 5.41 Å². The maximum absolute atomic E-state index is 14.4. The Morgan fingerprint density at radius 2 is 1.79 bits per heavy atom. The maximum atomic E-state index is 14.4. The minimum Gasteiger partial charge on any atom is -0.497 e. The standard InChI is InChI=1S/C21H25F5O2/c1-18-9-7-15-14-6-4-13(28-2)11-12(14)3-5-16(15)17(18)8-10-19(18,27)20(22,23)21(24,25)26/h4,6,11,15-17,27H,3,5,7-10H2,1-2H3/t15-,16-,17+,18+,19+/m1/s1. The van der Waals surface area contributed by atoms with E-state index in [1.165, 1.54) is 6.92 Å². The van der Waals surface area contributed by atoms with Crippen molar-refractivity contribution >= 4 is 0 Å². The van der Waals surface area contributed by atoms with Crippen LogP contribution in [-0.4, -0.2) is 29.9 Å². The SMILES string of the molecule is COc1ccc2c(c1)CC[C@@H]1[C@@H]2CC[C@@]2(C)[C@H]1CC[C@@]2(O)C(F)(F)C(F)(F)F. The monoisotopic (exact) mass is 404 g/mol. The molecule has 2 saturated carbocycles. The van der Waals surface area contributed by atoms with Crippen LogP contribution in [0.1, 0.15) is 56.1 Å². The van der Waals surface area contributed by atoms with Crippen molar-refractivity contribution in [1.82, 2.24) is 0 Å². The summed E-state index contributed by atoms with van der Waals surface area (Å²) in [5.74, 6) is -4.55. The summed E-state index contributed by atoms with van der Waals surface area (Å²) >= 11 is 0. The van der Waals surface area contributed by atoms with E-state index in [4.69, 9.17) is 4.74 Å². The lowest BCUT2D eigenvalue weighted by Gasteiger charge is -2.54. The van der Waals surface area contributed by atoms with Crippen molar-refractivity contribution < 1.29 is 31.8 Å². The second-order valence-electron chi connectivity index (χ2n) is 8.91. The van der Waals surface area contributed by atoms with Gasteiger partial charge in [-0.05, 0) is 79.5 Å². The van der Waals surface area contributed by atoms with Crippen molar-refractivity contribution in [2.45, 2.75) is 69.1 Å². The van der Waals surface area contributed by atoms with Crippen molar-refractivity contribution in [1.29, 1.82) is 0 Å². The van der Waals surface area contributed by atoms with Crippen molar-refractivity contribution in [3.8, 4) is 5.75 Å². The first-order valence-electron chi connectivity index (χ1n) is 9.80. The van der Waals surface area contributed by atoms with E-state index in [0.29, 0.717) is 6.42 Å². The zero-order valence-electron chi connectivity index (χ0n) is 16.0. The lowest BCUT2D eigenvalue weighted by Crippen LogP contribution is -2.65. The molecule has 3 aliphatic rings. The highest BCUT2D eigenvalue weighted by Crippen LogP contribution is 2.68. The van der Waals surface area contributed by atoms with Crippen LogP contribution in [0.4, 0.5) is 22.0 Å². The summed E-state index contributed by atoms with van der Waals surface area (Å²) in [6.07, 6.45) is -3.93. The van der Waals surface area contributed by atoms with E-state index in [1.807, 2.05) is 18.2 Å². The third-order valence-corrected chi connectivity index (χ3v) is 7.96. The van der Waals surface area contributed by atoms with Crippen molar-refractivity contribution in [3.63, 3.8) is 0 Å². The third kappa shape index (κ3) is 2.40.